The highest BCUT2D eigenvalue weighted by molar-refractivity contribution is 9.10. The van der Waals surface area contributed by atoms with Crippen LogP contribution in [0.4, 0.5) is 0 Å². The molecule has 1 atom stereocenters. The lowest BCUT2D eigenvalue weighted by molar-refractivity contribution is 0.584. The molecule has 1 heterocycles. The Labute approximate surface area is 139 Å². The van der Waals surface area contributed by atoms with Gasteiger partial charge in [-0.3, -0.25) is 4.68 Å². The summed E-state index contributed by atoms with van der Waals surface area (Å²) < 4.78 is 3.01. The maximum atomic E-state index is 6.46. The second kappa shape index (κ2) is 6.95. The lowest BCUT2D eigenvalue weighted by Gasteiger charge is -2.16. The average Bonchev–Trinajstić information content (AvgIpc) is 2.77. The Morgan fingerprint density at radius 3 is 2.71 bits per heavy atom. The van der Waals surface area contributed by atoms with Crippen LogP contribution in [-0.2, 0) is 19.4 Å². The SMILES string of the molecule is CCc1nn(CC)c(CC(N)c2cc(Br)ccc2C)c1Cl. The van der Waals surface area contributed by atoms with E-state index in [0.29, 0.717) is 6.42 Å². The molecule has 0 saturated heterocycles. The maximum absolute atomic E-state index is 6.46. The fraction of sp³-hybridized carbons (Fsp3) is 0.438. The first kappa shape index (κ1) is 16.5. The Morgan fingerprint density at radius 2 is 2.10 bits per heavy atom. The van der Waals surface area contributed by atoms with E-state index in [1.165, 1.54) is 5.56 Å². The van der Waals surface area contributed by atoms with Crippen molar-refractivity contribution in [2.24, 2.45) is 5.73 Å². The molecule has 5 heteroatoms. The fourth-order valence-electron chi connectivity index (χ4n) is 2.54. The molecule has 0 bridgehead atoms. The number of halogens is 2. The summed E-state index contributed by atoms with van der Waals surface area (Å²) in [4.78, 5) is 0. The minimum Gasteiger partial charge on any atom is -0.324 e. The van der Waals surface area contributed by atoms with Crippen LogP contribution in [0.3, 0.4) is 0 Å². The molecule has 0 fully saturated rings. The Kier molecular flexibility index (Phi) is 5.47. The van der Waals surface area contributed by atoms with Crippen LogP contribution in [0.25, 0.3) is 0 Å². The van der Waals surface area contributed by atoms with Gasteiger partial charge in [-0.25, -0.2) is 0 Å². The van der Waals surface area contributed by atoms with Crippen molar-refractivity contribution in [3.05, 3.63) is 50.2 Å². The highest BCUT2D eigenvalue weighted by atomic mass is 79.9. The summed E-state index contributed by atoms with van der Waals surface area (Å²) in [5.74, 6) is 0. The van der Waals surface area contributed by atoms with Gasteiger partial charge in [-0.2, -0.15) is 5.10 Å². The zero-order chi connectivity index (χ0) is 15.6. The second-order valence-corrected chi connectivity index (χ2v) is 6.48. The van der Waals surface area contributed by atoms with Gasteiger partial charge in [0.05, 0.1) is 16.4 Å². The summed E-state index contributed by atoms with van der Waals surface area (Å²) in [5.41, 5.74) is 10.7. The van der Waals surface area contributed by atoms with E-state index >= 15 is 0 Å². The van der Waals surface area contributed by atoms with Gasteiger partial charge in [0.25, 0.3) is 0 Å². The van der Waals surface area contributed by atoms with Crippen LogP contribution in [0.15, 0.2) is 22.7 Å². The Morgan fingerprint density at radius 1 is 1.38 bits per heavy atom. The summed E-state index contributed by atoms with van der Waals surface area (Å²) in [6, 6.07) is 6.10. The first-order valence-corrected chi connectivity index (χ1v) is 8.40. The maximum Gasteiger partial charge on any atom is 0.0850 e. The topological polar surface area (TPSA) is 43.8 Å². The summed E-state index contributed by atoms with van der Waals surface area (Å²) >= 11 is 9.97. The van der Waals surface area contributed by atoms with Gasteiger partial charge in [-0.15, -0.1) is 0 Å². The van der Waals surface area contributed by atoms with Gasteiger partial charge in [0.15, 0.2) is 0 Å². The minimum absolute atomic E-state index is 0.0910. The van der Waals surface area contributed by atoms with Crippen molar-refractivity contribution in [3.63, 3.8) is 0 Å². The number of nitrogens with zero attached hydrogens (tertiary/aromatic N) is 2. The molecule has 114 valence electrons. The number of rotatable bonds is 5. The molecule has 1 unspecified atom stereocenters. The van der Waals surface area contributed by atoms with E-state index in [1.54, 1.807) is 0 Å². The van der Waals surface area contributed by atoms with E-state index < -0.39 is 0 Å². The average molecular weight is 371 g/mol. The van der Waals surface area contributed by atoms with Crippen LogP contribution >= 0.6 is 27.5 Å². The van der Waals surface area contributed by atoms with Crippen molar-refractivity contribution in [1.82, 2.24) is 9.78 Å². The molecule has 0 aliphatic rings. The summed E-state index contributed by atoms with van der Waals surface area (Å²) in [6.07, 6.45) is 1.53. The summed E-state index contributed by atoms with van der Waals surface area (Å²) in [5, 5.41) is 5.32. The first-order valence-electron chi connectivity index (χ1n) is 7.23. The molecule has 0 spiro atoms. The van der Waals surface area contributed by atoms with Crippen molar-refractivity contribution < 1.29 is 0 Å². The van der Waals surface area contributed by atoms with E-state index in [4.69, 9.17) is 17.3 Å². The third-order valence-electron chi connectivity index (χ3n) is 3.75. The minimum atomic E-state index is -0.0910. The summed E-state index contributed by atoms with van der Waals surface area (Å²) in [6.45, 7) is 7.02. The Hall–Kier alpha value is -0.840. The molecule has 0 amide bonds. The number of hydrogen-bond donors (Lipinski definition) is 1. The lowest BCUT2D eigenvalue weighted by Crippen LogP contribution is -2.17. The van der Waals surface area contributed by atoms with Crippen LogP contribution in [0.2, 0.25) is 5.02 Å². The first-order chi connectivity index (χ1) is 9.97. The molecule has 21 heavy (non-hydrogen) atoms. The second-order valence-electron chi connectivity index (χ2n) is 5.19. The number of aryl methyl sites for hydroxylation is 3. The molecule has 2 aromatic rings. The molecule has 0 aliphatic carbocycles. The van der Waals surface area contributed by atoms with E-state index in [2.05, 4.69) is 53.9 Å². The highest BCUT2D eigenvalue weighted by Gasteiger charge is 2.19. The molecule has 0 aliphatic heterocycles. The normalized spacial score (nSPS) is 12.7. The molecular formula is C16H21BrClN3. The van der Waals surface area contributed by atoms with Crippen molar-refractivity contribution in [1.29, 1.82) is 0 Å². The monoisotopic (exact) mass is 369 g/mol. The number of benzene rings is 1. The van der Waals surface area contributed by atoms with E-state index in [9.17, 15) is 0 Å². The molecule has 1 aromatic heterocycles. The van der Waals surface area contributed by atoms with Crippen LogP contribution in [0.1, 0.15) is 42.4 Å². The third-order valence-corrected chi connectivity index (χ3v) is 4.68. The van der Waals surface area contributed by atoms with Gasteiger partial charge in [0.2, 0.25) is 0 Å². The Balaban J connectivity index is 2.33. The molecule has 0 saturated carbocycles. The van der Waals surface area contributed by atoms with Crippen molar-refractivity contribution in [3.8, 4) is 0 Å². The van der Waals surface area contributed by atoms with Crippen molar-refractivity contribution in [2.45, 2.75) is 46.2 Å². The lowest BCUT2D eigenvalue weighted by atomic mass is 9.98. The van der Waals surface area contributed by atoms with E-state index in [0.717, 1.165) is 39.4 Å². The zero-order valence-electron chi connectivity index (χ0n) is 12.7. The van der Waals surface area contributed by atoms with Gasteiger partial charge in [-0.1, -0.05) is 40.5 Å². The Bertz CT molecular complexity index is 637. The standard InChI is InChI=1S/C16H21BrClN3/c1-4-14-16(18)15(21(5-2)20-14)9-13(19)12-8-11(17)7-6-10(12)3/h6-8,13H,4-5,9,19H2,1-3H3. The van der Waals surface area contributed by atoms with E-state index in [1.807, 2.05) is 10.7 Å². The molecule has 2 rings (SSSR count). The predicted octanol–water partition coefficient (Wildman–Crippen LogP) is 4.43. The predicted molar refractivity (Wildman–Crippen MR) is 91.8 cm³/mol. The van der Waals surface area contributed by atoms with Gasteiger partial charge in [0, 0.05) is 23.5 Å². The largest absolute Gasteiger partial charge is 0.324 e. The number of hydrogen-bond acceptors (Lipinski definition) is 2. The van der Waals surface area contributed by atoms with Crippen LogP contribution in [-0.4, -0.2) is 9.78 Å². The van der Waals surface area contributed by atoms with Crippen LogP contribution in [0.5, 0.6) is 0 Å². The smallest absolute Gasteiger partial charge is 0.0850 e. The van der Waals surface area contributed by atoms with Gasteiger partial charge in [-0.05, 0) is 43.5 Å². The van der Waals surface area contributed by atoms with Crippen molar-refractivity contribution in [2.75, 3.05) is 0 Å². The number of aromatic nitrogens is 2. The number of nitrogens with two attached hydrogens (primary N) is 1. The third kappa shape index (κ3) is 3.50. The van der Waals surface area contributed by atoms with E-state index in [-0.39, 0.29) is 6.04 Å². The molecule has 0 radical (unpaired) electrons. The van der Waals surface area contributed by atoms with Gasteiger partial charge >= 0.3 is 0 Å². The van der Waals surface area contributed by atoms with Gasteiger partial charge < -0.3 is 5.73 Å². The van der Waals surface area contributed by atoms with Gasteiger partial charge in [0.1, 0.15) is 0 Å². The van der Waals surface area contributed by atoms with Crippen molar-refractivity contribution >= 4 is 27.5 Å². The fourth-order valence-corrected chi connectivity index (χ4v) is 3.27. The van der Waals surface area contributed by atoms with Crippen LogP contribution in [0, 0.1) is 6.92 Å². The zero-order valence-corrected chi connectivity index (χ0v) is 15.0. The highest BCUT2D eigenvalue weighted by Crippen LogP contribution is 2.28. The molecule has 3 nitrogen and oxygen atoms in total. The summed E-state index contributed by atoms with van der Waals surface area (Å²) in [7, 11) is 0. The quantitative estimate of drug-likeness (QED) is 0.846. The molecule has 2 N–H and O–H groups in total. The molecular weight excluding hydrogens is 350 g/mol. The van der Waals surface area contributed by atoms with Crippen LogP contribution < -0.4 is 5.73 Å². The molecule has 1 aromatic carbocycles.